The molecule has 1 heterocycles. The Hall–Kier alpha value is -2.15. The minimum atomic E-state index is -0.388. The summed E-state index contributed by atoms with van der Waals surface area (Å²) in [5, 5.41) is 14.3. The molecular formula is C19H30N4O3. The van der Waals surface area contributed by atoms with E-state index >= 15 is 0 Å². The molecule has 1 amide bonds. The van der Waals surface area contributed by atoms with Gasteiger partial charge < -0.3 is 15.1 Å². The number of hydrogen-bond donors (Lipinski definition) is 1. The normalized spacial score (nSPS) is 14.5. The molecular weight excluding hydrogens is 332 g/mol. The van der Waals surface area contributed by atoms with Crippen LogP contribution in [0.2, 0.25) is 0 Å². The minimum absolute atomic E-state index is 0.0164. The van der Waals surface area contributed by atoms with Gasteiger partial charge in [-0.25, -0.2) is 0 Å². The van der Waals surface area contributed by atoms with Crippen LogP contribution in [0, 0.1) is 10.1 Å². The molecule has 144 valence electrons. The molecule has 1 fully saturated rings. The monoisotopic (exact) mass is 362 g/mol. The average molecular weight is 362 g/mol. The molecule has 7 nitrogen and oxygen atoms in total. The Labute approximate surface area is 155 Å². The molecule has 1 N–H and O–H groups in total. The van der Waals surface area contributed by atoms with Crippen molar-refractivity contribution in [2.45, 2.75) is 39.5 Å². The molecule has 0 aliphatic carbocycles. The molecule has 0 spiro atoms. The SMILES string of the molecule is CCN(CC)CCCNC(=O)c1ccc(N2CCCCC2)c([N+](=O)[O-])c1. The summed E-state index contributed by atoms with van der Waals surface area (Å²) in [6, 6.07) is 4.81. The number of amides is 1. The maximum Gasteiger partial charge on any atom is 0.293 e. The van der Waals surface area contributed by atoms with Crippen LogP contribution in [-0.4, -0.2) is 55.0 Å². The average Bonchev–Trinajstić information content (AvgIpc) is 2.68. The van der Waals surface area contributed by atoms with Gasteiger partial charge in [0.25, 0.3) is 11.6 Å². The fourth-order valence-electron chi connectivity index (χ4n) is 3.36. The van der Waals surface area contributed by atoms with Gasteiger partial charge in [0.05, 0.1) is 4.92 Å². The number of nitrogens with one attached hydrogen (secondary N) is 1. The molecule has 1 aliphatic rings. The third-order valence-electron chi connectivity index (χ3n) is 4.96. The lowest BCUT2D eigenvalue weighted by Crippen LogP contribution is -2.31. The molecule has 26 heavy (non-hydrogen) atoms. The predicted octanol–water partition coefficient (Wildman–Crippen LogP) is 3.05. The van der Waals surface area contributed by atoms with E-state index in [4.69, 9.17) is 0 Å². The summed E-state index contributed by atoms with van der Waals surface area (Å²) in [5.74, 6) is -0.252. The van der Waals surface area contributed by atoms with Crippen molar-refractivity contribution in [3.63, 3.8) is 0 Å². The highest BCUT2D eigenvalue weighted by molar-refractivity contribution is 5.95. The van der Waals surface area contributed by atoms with Crippen molar-refractivity contribution >= 4 is 17.3 Å². The van der Waals surface area contributed by atoms with Gasteiger partial charge in [-0.05, 0) is 57.5 Å². The lowest BCUT2D eigenvalue weighted by molar-refractivity contribution is -0.384. The van der Waals surface area contributed by atoms with Crippen LogP contribution >= 0.6 is 0 Å². The van der Waals surface area contributed by atoms with E-state index in [2.05, 4.69) is 24.1 Å². The van der Waals surface area contributed by atoms with Gasteiger partial charge in [-0.2, -0.15) is 0 Å². The van der Waals surface area contributed by atoms with Crippen LogP contribution in [-0.2, 0) is 0 Å². The van der Waals surface area contributed by atoms with Gasteiger partial charge in [-0.15, -0.1) is 0 Å². The van der Waals surface area contributed by atoms with E-state index in [0.29, 0.717) is 17.8 Å². The molecule has 1 aromatic rings. The molecule has 0 radical (unpaired) electrons. The van der Waals surface area contributed by atoms with E-state index in [9.17, 15) is 14.9 Å². The lowest BCUT2D eigenvalue weighted by atomic mass is 10.1. The number of nitro groups is 1. The van der Waals surface area contributed by atoms with Crippen LogP contribution in [0.3, 0.4) is 0 Å². The fourth-order valence-corrected chi connectivity index (χ4v) is 3.36. The van der Waals surface area contributed by atoms with Crippen molar-refractivity contribution in [2.24, 2.45) is 0 Å². The first-order valence-electron chi connectivity index (χ1n) is 9.60. The first-order chi connectivity index (χ1) is 12.6. The van der Waals surface area contributed by atoms with Gasteiger partial charge in [-0.1, -0.05) is 13.8 Å². The number of hydrogen-bond acceptors (Lipinski definition) is 5. The Morgan fingerprint density at radius 2 is 1.92 bits per heavy atom. The van der Waals surface area contributed by atoms with E-state index in [0.717, 1.165) is 58.4 Å². The summed E-state index contributed by atoms with van der Waals surface area (Å²) < 4.78 is 0. The van der Waals surface area contributed by atoms with Crippen molar-refractivity contribution < 1.29 is 9.72 Å². The second kappa shape index (κ2) is 10.1. The summed E-state index contributed by atoms with van der Waals surface area (Å²) >= 11 is 0. The third-order valence-corrected chi connectivity index (χ3v) is 4.96. The van der Waals surface area contributed by atoms with Crippen LogP contribution < -0.4 is 10.2 Å². The van der Waals surface area contributed by atoms with Crippen LogP contribution in [0.4, 0.5) is 11.4 Å². The molecule has 0 unspecified atom stereocenters. The van der Waals surface area contributed by atoms with Crippen LogP contribution in [0.15, 0.2) is 18.2 Å². The molecule has 1 saturated heterocycles. The Morgan fingerprint density at radius 1 is 1.23 bits per heavy atom. The molecule has 0 saturated carbocycles. The summed E-state index contributed by atoms with van der Waals surface area (Å²) in [6.45, 7) is 9.38. The Bertz CT molecular complexity index is 611. The van der Waals surface area contributed by atoms with Crippen molar-refractivity contribution in [1.29, 1.82) is 0 Å². The zero-order chi connectivity index (χ0) is 18.9. The van der Waals surface area contributed by atoms with E-state index < -0.39 is 0 Å². The van der Waals surface area contributed by atoms with E-state index in [1.165, 1.54) is 6.07 Å². The predicted molar refractivity (Wildman–Crippen MR) is 104 cm³/mol. The van der Waals surface area contributed by atoms with Crippen molar-refractivity contribution in [2.75, 3.05) is 44.2 Å². The molecule has 0 atom stereocenters. The highest BCUT2D eigenvalue weighted by Crippen LogP contribution is 2.31. The van der Waals surface area contributed by atoms with E-state index in [-0.39, 0.29) is 16.5 Å². The van der Waals surface area contributed by atoms with Crippen LogP contribution in [0.1, 0.15) is 49.9 Å². The zero-order valence-corrected chi connectivity index (χ0v) is 15.9. The van der Waals surface area contributed by atoms with Crippen LogP contribution in [0.25, 0.3) is 0 Å². The van der Waals surface area contributed by atoms with Crippen molar-refractivity contribution in [3.8, 4) is 0 Å². The number of piperidine rings is 1. The summed E-state index contributed by atoms with van der Waals surface area (Å²) in [6.07, 6.45) is 4.12. The topological polar surface area (TPSA) is 78.7 Å². The highest BCUT2D eigenvalue weighted by atomic mass is 16.6. The number of rotatable bonds is 9. The maximum atomic E-state index is 12.3. The standard InChI is InChI=1S/C19H30N4O3/c1-3-21(4-2)12-8-11-20-19(24)16-9-10-17(18(15-16)23(25)26)22-13-6-5-7-14-22/h9-10,15H,3-8,11-14H2,1-2H3,(H,20,24). The molecule has 1 aliphatic heterocycles. The second-order valence-corrected chi connectivity index (χ2v) is 6.64. The third kappa shape index (κ3) is 5.42. The van der Waals surface area contributed by atoms with Gasteiger partial charge in [0.2, 0.25) is 0 Å². The lowest BCUT2D eigenvalue weighted by Gasteiger charge is -2.28. The van der Waals surface area contributed by atoms with Gasteiger partial charge in [0.1, 0.15) is 5.69 Å². The Balaban J connectivity index is 1.99. The number of carbonyl (C=O) groups excluding carboxylic acids is 1. The molecule has 2 rings (SSSR count). The van der Waals surface area contributed by atoms with Crippen LogP contribution in [0.5, 0.6) is 0 Å². The van der Waals surface area contributed by atoms with Gasteiger partial charge >= 0.3 is 0 Å². The number of benzene rings is 1. The molecule has 1 aromatic carbocycles. The number of carbonyl (C=O) groups is 1. The first-order valence-corrected chi connectivity index (χ1v) is 9.60. The quantitative estimate of drug-likeness (QED) is 0.415. The summed E-state index contributed by atoms with van der Waals surface area (Å²) in [5.41, 5.74) is 0.982. The fraction of sp³-hybridized carbons (Fsp3) is 0.632. The molecule has 0 aromatic heterocycles. The minimum Gasteiger partial charge on any atom is -0.366 e. The van der Waals surface area contributed by atoms with E-state index in [1.807, 2.05) is 4.90 Å². The number of anilines is 1. The Kier molecular flexibility index (Phi) is 7.84. The molecule has 7 heteroatoms. The van der Waals surface area contributed by atoms with Crippen molar-refractivity contribution in [3.05, 3.63) is 33.9 Å². The number of nitro benzene ring substituents is 1. The largest absolute Gasteiger partial charge is 0.366 e. The summed E-state index contributed by atoms with van der Waals surface area (Å²) in [4.78, 5) is 27.8. The number of nitrogens with zero attached hydrogens (tertiary/aromatic N) is 3. The van der Waals surface area contributed by atoms with Gasteiger partial charge in [0, 0.05) is 31.3 Å². The van der Waals surface area contributed by atoms with Gasteiger partial charge in [-0.3, -0.25) is 14.9 Å². The zero-order valence-electron chi connectivity index (χ0n) is 15.9. The van der Waals surface area contributed by atoms with Crippen molar-refractivity contribution in [1.82, 2.24) is 10.2 Å². The first kappa shape index (κ1) is 20.2. The molecule has 0 bridgehead atoms. The highest BCUT2D eigenvalue weighted by Gasteiger charge is 2.23. The van der Waals surface area contributed by atoms with E-state index in [1.54, 1.807) is 12.1 Å². The summed E-state index contributed by atoms with van der Waals surface area (Å²) in [7, 11) is 0. The van der Waals surface area contributed by atoms with Gasteiger partial charge in [0.15, 0.2) is 0 Å². The Morgan fingerprint density at radius 3 is 2.54 bits per heavy atom. The smallest absolute Gasteiger partial charge is 0.293 e. The second-order valence-electron chi connectivity index (χ2n) is 6.64. The maximum absolute atomic E-state index is 12.3.